The topological polar surface area (TPSA) is 55.4 Å². The summed E-state index contributed by atoms with van der Waals surface area (Å²) in [4.78, 5) is 23.8. The lowest BCUT2D eigenvalue weighted by Gasteiger charge is -2.23. The molecule has 22 heavy (non-hydrogen) atoms. The highest BCUT2D eigenvalue weighted by Crippen LogP contribution is 2.17. The predicted octanol–water partition coefficient (Wildman–Crippen LogP) is 3.89. The Hall–Kier alpha value is -1.62. The van der Waals surface area contributed by atoms with Crippen molar-refractivity contribution in [3.8, 4) is 0 Å². The van der Waals surface area contributed by atoms with E-state index in [-0.39, 0.29) is 23.6 Å². The zero-order valence-corrected chi connectivity index (χ0v) is 14.0. The van der Waals surface area contributed by atoms with Gasteiger partial charge < -0.3 is 10.1 Å². The summed E-state index contributed by atoms with van der Waals surface area (Å²) in [7, 11) is 0. The third kappa shape index (κ3) is 6.02. The Bertz CT molecular complexity index is 555. The van der Waals surface area contributed by atoms with Crippen LogP contribution in [0.15, 0.2) is 18.2 Å². The molecule has 0 saturated heterocycles. The molecule has 0 aliphatic carbocycles. The van der Waals surface area contributed by atoms with Crippen molar-refractivity contribution < 1.29 is 18.7 Å². The van der Waals surface area contributed by atoms with Gasteiger partial charge in [-0.3, -0.25) is 4.79 Å². The number of hydrogen-bond acceptors (Lipinski definition) is 3. The Kier molecular flexibility index (Phi) is 6.35. The number of alkyl carbamates (subject to hydrolysis) is 1. The van der Waals surface area contributed by atoms with Gasteiger partial charge in [-0.15, -0.1) is 0 Å². The molecular weight excluding hydrogens is 309 g/mol. The molecule has 1 rings (SSSR count). The summed E-state index contributed by atoms with van der Waals surface area (Å²) in [6.45, 7) is 6.90. The lowest BCUT2D eigenvalue weighted by molar-refractivity contribution is -0.120. The largest absolute Gasteiger partial charge is 0.444 e. The monoisotopic (exact) mass is 329 g/mol. The van der Waals surface area contributed by atoms with E-state index in [0.29, 0.717) is 5.56 Å². The first-order valence-corrected chi connectivity index (χ1v) is 7.46. The molecule has 0 fully saturated rings. The van der Waals surface area contributed by atoms with Gasteiger partial charge in [-0.25, -0.2) is 9.18 Å². The van der Waals surface area contributed by atoms with Gasteiger partial charge in [-0.1, -0.05) is 24.6 Å². The molecule has 1 atom stereocenters. The lowest BCUT2D eigenvalue weighted by atomic mass is 10.0. The fraction of sp³-hybridized carbons (Fsp3) is 0.500. The molecule has 6 heteroatoms. The molecular formula is C16H21ClFNO3. The Morgan fingerprint density at radius 2 is 2.00 bits per heavy atom. The molecule has 0 heterocycles. The SMILES string of the molecule is CCC(=O)[C@H](Cc1ccc(Cl)c(F)c1)NC(=O)OC(C)(C)C. The van der Waals surface area contributed by atoms with Crippen LogP contribution >= 0.6 is 11.6 Å². The fourth-order valence-corrected chi connectivity index (χ4v) is 1.96. The van der Waals surface area contributed by atoms with Gasteiger partial charge in [0, 0.05) is 6.42 Å². The zero-order chi connectivity index (χ0) is 16.9. The minimum absolute atomic E-state index is 0.0159. The van der Waals surface area contributed by atoms with Crippen LogP contribution in [0.5, 0.6) is 0 Å². The van der Waals surface area contributed by atoms with E-state index in [0.717, 1.165) is 0 Å². The molecule has 0 aliphatic rings. The average molecular weight is 330 g/mol. The number of hydrogen-bond donors (Lipinski definition) is 1. The maximum atomic E-state index is 13.5. The summed E-state index contributed by atoms with van der Waals surface area (Å²) in [6, 6.07) is 3.54. The van der Waals surface area contributed by atoms with Crippen molar-refractivity contribution in [1.82, 2.24) is 5.32 Å². The van der Waals surface area contributed by atoms with Gasteiger partial charge in [0.1, 0.15) is 11.4 Å². The van der Waals surface area contributed by atoms with E-state index in [1.54, 1.807) is 33.8 Å². The van der Waals surface area contributed by atoms with E-state index >= 15 is 0 Å². The number of nitrogens with one attached hydrogen (secondary N) is 1. The third-order valence-electron chi connectivity index (χ3n) is 2.85. The van der Waals surface area contributed by atoms with Crippen LogP contribution in [0.4, 0.5) is 9.18 Å². The standard InChI is InChI=1S/C16H21ClFNO3/c1-5-14(20)13(19-15(21)22-16(2,3)4)9-10-6-7-11(17)12(18)8-10/h6-8,13H,5,9H2,1-4H3,(H,19,21)/t13-/m0/s1. The highest BCUT2D eigenvalue weighted by molar-refractivity contribution is 6.30. The first-order valence-electron chi connectivity index (χ1n) is 7.08. The van der Waals surface area contributed by atoms with Crippen LogP contribution < -0.4 is 5.32 Å². The minimum atomic E-state index is -0.763. The van der Waals surface area contributed by atoms with Crippen molar-refractivity contribution >= 4 is 23.5 Å². The highest BCUT2D eigenvalue weighted by Gasteiger charge is 2.23. The molecule has 0 aliphatic heterocycles. The molecule has 1 N–H and O–H groups in total. The highest BCUT2D eigenvalue weighted by atomic mass is 35.5. The van der Waals surface area contributed by atoms with Crippen LogP contribution in [0.1, 0.15) is 39.7 Å². The van der Waals surface area contributed by atoms with Gasteiger partial charge in [0.15, 0.2) is 5.78 Å². The van der Waals surface area contributed by atoms with Crippen molar-refractivity contribution in [2.45, 2.75) is 52.2 Å². The van der Waals surface area contributed by atoms with E-state index in [4.69, 9.17) is 16.3 Å². The summed E-state index contributed by atoms with van der Waals surface area (Å²) in [5, 5.41) is 2.56. The number of ether oxygens (including phenoxy) is 1. The number of halogens is 2. The summed E-state index contributed by atoms with van der Waals surface area (Å²) in [5.74, 6) is -0.708. The quantitative estimate of drug-likeness (QED) is 0.891. The number of Topliss-reactive ketones (excluding diaryl/α,β-unsaturated/α-hetero) is 1. The Balaban J connectivity index is 2.82. The number of carbonyl (C=O) groups excluding carboxylic acids is 2. The second-order valence-electron chi connectivity index (χ2n) is 5.97. The Morgan fingerprint density at radius 1 is 1.36 bits per heavy atom. The van der Waals surface area contributed by atoms with Crippen LogP contribution in [-0.2, 0) is 16.0 Å². The van der Waals surface area contributed by atoms with Crippen molar-refractivity contribution in [1.29, 1.82) is 0 Å². The van der Waals surface area contributed by atoms with Gasteiger partial charge in [0.2, 0.25) is 0 Å². The second-order valence-corrected chi connectivity index (χ2v) is 6.38. The van der Waals surface area contributed by atoms with E-state index in [2.05, 4.69) is 5.32 Å². The van der Waals surface area contributed by atoms with Crippen LogP contribution in [0.25, 0.3) is 0 Å². The molecule has 0 unspecified atom stereocenters. The van der Waals surface area contributed by atoms with E-state index in [1.807, 2.05) is 0 Å². The van der Waals surface area contributed by atoms with Crippen LogP contribution in [0.3, 0.4) is 0 Å². The number of amides is 1. The molecule has 0 bridgehead atoms. The lowest BCUT2D eigenvalue weighted by Crippen LogP contribution is -2.44. The molecule has 1 aromatic carbocycles. The van der Waals surface area contributed by atoms with Crippen molar-refractivity contribution in [2.24, 2.45) is 0 Å². The minimum Gasteiger partial charge on any atom is -0.444 e. The smallest absolute Gasteiger partial charge is 0.408 e. The van der Waals surface area contributed by atoms with Crippen molar-refractivity contribution in [3.05, 3.63) is 34.6 Å². The fourth-order valence-electron chi connectivity index (χ4n) is 1.84. The number of rotatable bonds is 5. The predicted molar refractivity (Wildman–Crippen MR) is 83.6 cm³/mol. The maximum absolute atomic E-state index is 13.5. The Morgan fingerprint density at radius 3 is 2.50 bits per heavy atom. The molecule has 4 nitrogen and oxygen atoms in total. The normalized spacial score (nSPS) is 12.6. The number of carbonyl (C=O) groups is 2. The number of ketones is 1. The molecule has 0 spiro atoms. The zero-order valence-electron chi connectivity index (χ0n) is 13.2. The van der Waals surface area contributed by atoms with Gasteiger partial charge >= 0.3 is 6.09 Å². The summed E-state index contributed by atoms with van der Waals surface area (Å²) < 4.78 is 18.6. The second kappa shape index (κ2) is 7.58. The average Bonchev–Trinajstić information content (AvgIpc) is 2.39. The summed E-state index contributed by atoms with van der Waals surface area (Å²) in [5.41, 5.74) is -0.0826. The van der Waals surface area contributed by atoms with Crippen molar-refractivity contribution in [3.63, 3.8) is 0 Å². The first-order chi connectivity index (χ1) is 10.1. The van der Waals surface area contributed by atoms with Crippen molar-refractivity contribution in [2.75, 3.05) is 0 Å². The van der Waals surface area contributed by atoms with E-state index < -0.39 is 23.6 Å². The number of benzene rings is 1. The Labute approximate surface area is 135 Å². The molecule has 122 valence electrons. The molecule has 1 amide bonds. The van der Waals surface area contributed by atoms with Gasteiger partial charge in [-0.05, 0) is 44.9 Å². The van der Waals surface area contributed by atoms with Crippen LogP contribution in [-0.4, -0.2) is 23.5 Å². The molecule has 0 saturated carbocycles. The maximum Gasteiger partial charge on any atom is 0.408 e. The third-order valence-corrected chi connectivity index (χ3v) is 3.16. The molecule has 0 aromatic heterocycles. The summed E-state index contributed by atoms with van der Waals surface area (Å²) in [6.07, 6.45) is -0.231. The molecule has 1 aromatic rings. The van der Waals surface area contributed by atoms with Crippen LogP contribution in [0.2, 0.25) is 5.02 Å². The summed E-state index contributed by atoms with van der Waals surface area (Å²) >= 11 is 5.63. The van der Waals surface area contributed by atoms with Gasteiger partial charge in [-0.2, -0.15) is 0 Å². The van der Waals surface area contributed by atoms with Gasteiger partial charge in [0.25, 0.3) is 0 Å². The van der Waals surface area contributed by atoms with E-state index in [9.17, 15) is 14.0 Å². The molecule has 0 radical (unpaired) electrons. The first kappa shape index (κ1) is 18.4. The van der Waals surface area contributed by atoms with Gasteiger partial charge in [0.05, 0.1) is 11.1 Å². The van der Waals surface area contributed by atoms with E-state index in [1.165, 1.54) is 12.1 Å². The van der Waals surface area contributed by atoms with Crippen LogP contribution in [0, 0.1) is 5.82 Å².